The number of guanidine groups is 1. The van der Waals surface area contributed by atoms with Crippen LogP contribution in [0.25, 0.3) is 0 Å². The molecule has 0 amide bonds. The third-order valence-electron chi connectivity index (χ3n) is 3.49. The first kappa shape index (κ1) is 22.0. The van der Waals surface area contributed by atoms with E-state index in [-0.39, 0.29) is 30.0 Å². The van der Waals surface area contributed by atoms with Gasteiger partial charge in [0.05, 0.1) is 6.04 Å². The second-order valence-electron chi connectivity index (χ2n) is 5.36. The van der Waals surface area contributed by atoms with Crippen LogP contribution in [0.5, 0.6) is 0 Å². The lowest BCUT2D eigenvalue weighted by Gasteiger charge is -2.19. The van der Waals surface area contributed by atoms with Gasteiger partial charge in [0, 0.05) is 41.4 Å². The van der Waals surface area contributed by atoms with Gasteiger partial charge in [-0.1, -0.05) is 35.3 Å². The molecular formula is C18H23Cl2IN4. The van der Waals surface area contributed by atoms with E-state index in [0.717, 1.165) is 30.2 Å². The zero-order valence-electron chi connectivity index (χ0n) is 14.3. The molecule has 1 aromatic carbocycles. The first-order valence-corrected chi connectivity index (χ1v) is 8.75. The lowest BCUT2D eigenvalue weighted by Crippen LogP contribution is -2.39. The molecule has 0 radical (unpaired) electrons. The molecule has 2 rings (SSSR count). The molecule has 1 aromatic heterocycles. The fourth-order valence-corrected chi connectivity index (χ4v) is 2.86. The third-order valence-corrected chi connectivity index (χ3v) is 4.05. The number of aliphatic imine (C=N–C) groups is 1. The molecule has 4 nitrogen and oxygen atoms in total. The van der Waals surface area contributed by atoms with Crippen molar-refractivity contribution in [3.63, 3.8) is 0 Å². The van der Waals surface area contributed by atoms with E-state index in [9.17, 15) is 0 Å². The Kier molecular flexibility index (Phi) is 10.2. The van der Waals surface area contributed by atoms with E-state index in [1.807, 2.05) is 44.2 Å². The lowest BCUT2D eigenvalue weighted by atomic mass is 10.1. The molecule has 2 aromatic rings. The van der Waals surface area contributed by atoms with E-state index in [4.69, 9.17) is 23.2 Å². The average Bonchev–Trinajstić information content (AvgIpc) is 2.55. The van der Waals surface area contributed by atoms with E-state index >= 15 is 0 Å². The summed E-state index contributed by atoms with van der Waals surface area (Å²) in [5.74, 6) is 0.756. The summed E-state index contributed by atoms with van der Waals surface area (Å²) in [5.41, 5.74) is 2.02. The van der Waals surface area contributed by atoms with Crippen LogP contribution in [0.4, 0.5) is 0 Å². The minimum atomic E-state index is 0. The molecule has 0 bridgehead atoms. The number of halogens is 3. The number of pyridine rings is 1. The van der Waals surface area contributed by atoms with Crippen molar-refractivity contribution < 1.29 is 0 Å². The minimum Gasteiger partial charge on any atom is -0.357 e. The number of hydrogen-bond acceptors (Lipinski definition) is 2. The zero-order chi connectivity index (χ0) is 17.4. The zero-order valence-corrected chi connectivity index (χ0v) is 18.1. The lowest BCUT2D eigenvalue weighted by molar-refractivity contribution is 0.686. The number of hydrogen-bond donors (Lipinski definition) is 2. The highest BCUT2D eigenvalue weighted by molar-refractivity contribution is 14.0. The Balaban J connectivity index is 0.00000312. The Morgan fingerprint density at radius 1 is 1.24 bits per heavy atom. The SMILES string of the molecule is CCNC(=NCCc1ccccn1)NC(C)c1ccc(Cl)cc1Cl.I. The van der Waals surface area contributed by atoms with Gasteiger partial charge in [-0.15, -0.1) is 24.0 Å². The molecule has 0 aliphatic heterocycles. The summed E-state index contributed by atoms with van der Waals surface area (Å²) >= 11 is 12.2. The standard InChI is InChI=1S/C18H22Cl2N4.HI/c1-3-21-18(23-11-9-15-6-4-5-10-22-15)24-13(2)16-8-7-14(19)12-17(16)20;/h4-8,10,12-13H,3,9,11H2,1-2H3,(H2,21,23,24);1H. The van der Waals surface area contributed by atoms with Crippen LogP contribution in [-0.4, -0.2) is 24.0 Å². The van der Waals surface area contributed by atoms with Crippen molar-refractivity contribution in [2.24, 2.45) is 4.99 Å². The molecule has 7 heteroatoms. The van der Waals surface area contributed by atoms with Crippen molar-refractivity contribution in [1.29, 1.82) is 0 Å². The van der Waals surface area contributed by atoms with Crippen molar-refractivity contribution in [1.82, 2.24) is 15.6 Å². The number of aromatic nitrogens is 1. The van der Waals surface area contributed by atoms with Crippen molar-refractivity contribution in [2.45, 2.75) is 26.3 Å². The van der Waals surface area contributed by atoms with E-state index in [2.05, 4.69) is 20.6 Å². The first-order chi connectivity index (χ1) is 11.6. The normalized spacial score (nSPS) is 12.2. The quantitative estimate of drug-likeness (QED) is 0.343. The summed E-state index contributed by atoms with van der Waals surface area (Å²) in [4.78, 5) is 8.92. The Morgan fingerprint density at radius 3 is 2.68 bits per heavy atom. The van der Waals surface area contributed by atoms with Gasteiger partial charge in [0.25, 0.3) is 0 Å². The molecular weight excluding hydrogens is 470 g/mol. The average molecular weight is 493 g/mol. The van der Waals surface area contributed by atoms with Gasteiger partial charge in [-0.05, 0) is 43.7 Å². The molecule has 1 unspecified atom stereocenters. The van der Waals surface area contributed by atoms with E-state index in [1.54, 1.807) is 12.3 Å². The van der Waals surface area contributed by atoms with Crippen LogP contribution >= 0.6 is 47.2 Å². The molecule has 2 N–H and O–H groups in total. The maximum atomic E-state index is 6.28. The fraction of sp³-hybridized carbons (Fsp3) is 0.333. The Bertz CT molecular complexity index is 680. The topological polar surface area (TPSA) is 49.3 Å². The molecule has 1 atom stereocenters. The maximum absolute atomic E-state index is 6.28. The van der Waals surface area contributed by atoms with Crippen LogP contribution in [0.3, 0.4) is 0 Å². The molecule has 136 valence electrons. The molecule has 0 spiro atoms. The number of rotatable bonds is 6. The van der Waals surface area contributed by atoms with Crippen molar-refractivity contribution in [3.8, 4) is 0 Å². The van der Waals surface area contributed by atoms with Gasteiger partial charge in [0.1, 0.15) is 0 Å². The molecule has 0 fully saturated rings. The fourth-order valence-electron chi connectivity index (χ4n) is 2.28. The Hall–Kier alpha value is -1.05. The molecule has 0 saturated heterocycles. The monoisotopic (exact) mass is 492 g/mol. The smallest absolute Gasteiger partial charge is 0.191 e. The molecule has 1 heterocycles. The summed E-state index contributed by atoms with van der Waals surface area (Å²) in [5, 5.41) is 7.90. The summed E-state index contributed by atoms with van der Waals surface area (Å²) in [6, 6.07) is 11.4. The second kappa shape index (κ2) is 11.5. The summed E-state index contributed by atoms with van der Waals surface area (Å²) < 4.78 is 0. The van der Waals surface area contributed by atoms with E-state index in [1.165, 1.54) is 0 Å². The van der Waals surface area contributed by atoms with Gasteiger partial charge >= 0.3 is 0 Å². The molecule has 25 heavy (non-hydrogen) atoms. The summed E-state index contributed by atoms with van der Waals surface area (Å²) in [6.45, 7) is 5.53. The highest BCUT2D eigenvalue weighted by Gasteiger charge is 2.11. The number of benzene rings is 1. The Labute approximate surface area is 176 Å². The van der Waals surface area contributed by atoms with Gasteiger partial charge in [-0.25, -0.2) is 0 Å². The predicted octanol–water partition coefficient (Wildman–Crippen LogP) is 4.87. The number of nitrogens with zero attached hydrogens (tertiary/aromatic N) is 2. The van der Waals surface area contributed by atoms with Crippen molar-refractivity contribution in [3.05, 3.63) is 63.9 Å². The summed E-state index contributed by atoms with van der Waals surface area (Å²) in [6.07, 6.45) is 2.60. The largest absolute Gasteiger partial charge is 0.357 e. The van der Waals surface area contributed by atoms with Crippen molar-refractivity contribution in [2.75, 3.05) is 13.1 Å². The second-order valence-corrected chi connectivity index (χ2v) is 6.21. The summed E-state index contributed by atoms with van der Waals surface area (Å²) in [7, 11) is 0. The van der Waals surface area contributed by atoms with Gasteiger partial charge in [-0.3, -0.25) is 9.98 Å². The predicted molar refractivity (Wildman–Crippen MR) is 117 cm³/mol. The van der Waals surface area contributed by atoms with E-state index in [0.29, 0.717) is 16.6 Å². The van der Waals surface area contributed by atoms with E-state index < -0.39 is 0 Å². The first-order valence-electron chi connectivity index (χ1n) is 8.00. The van der Waals surface area contributed by atoms with Crippen LogP contribution in [0.15, 0.2) is 47.6 Å². The van der Waals surface area contributed by atoms with Crippen LogP contribution in [0, 0.1) is 0 Å². The third kappa shape index (κ3) is 7.38. The van der Waals surface area contributed by atoms with Gasteiger partial charge in [0.2, 0.25) is 0 Å². The van der Waals surface area contributed by atoms with Crippen LogP contribution in [0.2, 0.25) is 10.0 Å². The highest BCUT2D eigenvalue weighted by Crippen LogP contribution is 2.25. The van der Waals surface area contributed by atoms with Crippen LogP contribution in [0.1, 0.15) is 31.1 Å². The van der Waals surface area contributed by atoms with Crippen LogP contribution < -0.4 is 10.6 Å². The molecule has 0 saturated carbocycles. The van der Waals surface area contributed by atoms with Gasteiger partial charge in [-0.2, -0.15) is 0 Å². The molecule has 0 aliphatic carbocycles. The van der Waals surface area contributed by atoms with Gasteiger partial charge in [0.15, 0.2) is 5.96 Å². The Morgan fingerprint density at radius 2 is 2.04 bits per heavy atom. The molecule has 0 aliphatic rings. The van der Waals surface area contributed by atoms with Crippen LogP contribution in [-0.2, 0) is 6.42 Å². The van der Waals surface area contributed by atoms with Gasteiger partial charge < -0.3 is 10.6 Å². The number of nitrogens with one attached hydrogen (secondary N) is 2. The minimum absolute atomic E-state index is 0. The van der Waals surface area contributed by atoms with Crippen molar-refractivity contribution >= 4 is 53.1 Å². The highest BCUT2D eigenvalue weighted by atomic mass is 127. The maximum Gasteiger partial charge on any atom is 0.191 e.